The van der Waals surface area contributed by atoms with Gasteiger partial charge in [-0.15, -0.1) is 0 Å². The largest absolute Gasteiger partial charge is 0.482 e. The highest BCUT2D eigenvalue weighted by atomic mass is 35.5. The zero-order chi connectivity index (χ0) is 17.3. The van der Waals surface area contributed by atoms with Crippen LogP contribution in [0.3, 0.4) is 0 Å². The van der Waals surface area contributed by atoms with E-state index in [-0.39, 0.29) is 18.8 Å². The zero-order valence-corrected chi connectivity index (χ0v) is 12.9. The fourth-order valence-electron chi connectivity index (χ4n) is 2.27. The summed E-state index contributed by atoms with van der Waals surface area (Å²) in [6.45, 7) is -0.570. The van der Waals surface area contributed by atoms with Crippen LogP contribution in [0.15, 0.2) is 36.4 Å². The normalized spacial score (nSPS) is 13.3. The molecule has 0 bridgehead atoms. The van der Waals surface area contributed by atoms with E-state index in [0.717, 1.165) is 12.1 Å². The Hall–Kier alpha value is -2.67. The van der Waals surface area contributed by atoms with Crippen LogP contribution in [-0.2, 0) is 9.59 Å². The van der Waals surface area contributed by atoms with Gasteiger partial charge < -0.3 is 10.1 Å². The number of ether oxygens (including phenoxy) is 1. The molecule has 1 aliphatic heterocycles. The molecule has 0 radical (unpaired) electrons. The number of nitrogens with one attached hydrogen (secondary N) is 1. The molecule has 0 saturated heterocycles. The van der Waals surface area contributed by atoms with E-state index in [1.807, 2.05) is 0 Å². The molecule has 3 rings (SSSR count). The first kappa shape index (κ1) is 16.2. The van der Waals surface area contributed by atoms with Crippen LogP contribution in [-0.4, -0.2) is 25.0 Å². The third-order valence-corrected chi connectivity index (χ3v) is 3.61. The lowest BCUT2D eigenvalue weighted by atomic mass is 10.2. The Bertz CT molecular complexity index is 829. The summed E-state index contributed by atoms with van der Waals surface area (Å²) in [6, 6.07) is 7.48. The van der Waals surface area contributed by atoms with E-state index in [1.165, 1.54) is 11.0 Å². The molecule has 2 aromatic carbocycles. The maximum absolute atomic E-state index is 13.6. The minimum absolute atomic E-state index is 0.173. The van der Waals surface area contributed by atoms with Crippen LogP contribution < -0.4 is 15.0 Å². The number of rotatable bonds is 3. The monoisotopic (exact) mass is 352 g/mol. The Morgan fingerprint density at radius 1 is 1.25 bits per heavy atom. The summed E-state index contributed by atoms with van der Waals surface area (Å²) < 4.78 is 31.7. The average molecular weight is 353 g/mol. The summed E-state index contributed by atoms with van der Waals surface area (Å²) in [5.41, 5.74) is 0.182. The van der Waals surface area contributed by atoms with Gasteiger partial charge in [0, 0.05) is 11.1 Å². The van der Waals surface area contributed by atoms with Gasteiger partial charge in [0.2, 0.25) is 5.91 Å². The molecule has 1 aliphatic rings. The van der Waals surface area contributed by atoms with Crippen LogP contribution in [0.25, 0.3) is 0 Å². The Morgan fingerprint density at radius 2 is 2.04 bits per heavy atom. The molecular formula is C16H11ClF2N2O3. The fraction of sp³-hybridized carbons (Fsp3) is 0.125. The van der Waals surface area contributed by atoms with Crippen LogP contribution in [0.5, 0.6) is 5.75 Å². The van der Waals surface area contributed by atoms with Gasteiger partial charge in [-0.3, -0.25) is 14.5 Å². The van der Waals surface area contributed by atoms with Gasteiger partial charge in [-0.1, -0.05) is 11.6 Å². The van der Waals surface area contributed by atoms with Crippen molar-refractivity contribution in [3.8, 4) is 5.75 Å². The highest BCUT2D eigenvalue weighted by Gasteiger charge is 2.27. The molecule has 8 heteroatoms. The number of hydrogen-bond acceptors (Lipinski definition) is 3. The van der Waals surface area contributed by atoms with Gasteiger partial charge in [0.05, 0.1) is 11.4 Å². The van der Waals surface area contributed by atoms with Crippen LogP contribution in [0, 0.1) is 11.6 Å². The number of nitrogens with zero attached hydrogens (tertiary/aromatic N) is 1. The molecule has 2 aromatic rings. The second kappa shape index (κ2) is 6.45. The fourth-order valence-corrected chi connectivity index (χ4v) is 2.44. The number of anilines is 2. The summed E-state index contributed by atoms with van der Waals surface area (Å²) in [7, 11) is 0. The van der Waals surface area contributed by atoms with E-state index in [1.54, 1.807) is 12.1 Å². The smallest absolute Gasteiger partial charge is 0.265 e. The predicted molar refractivity (Wildman–Crippen MR) is 84.3 cm³/mol. The number of benzene rings is 2. The van der Waals surface area contributed by atoms with Crippen molar-refractivity contribution in [3.63, 3.8) is 0 Å². The first-order valence-electron chi connectivity index (χ1n) is 6.91. The number of carbonyl (C=O) groups excluding carboxylic acids is 2. The summed E-state index contributed by atoms with van der Waals surface area (Å²) in [5.74, 6) is -2.31. The molecule has 0 fully saturated rings. The molecule has 1 N–H and O–H groups in total. The molecule has 2 amide bonds. The molecule has 124 valence electrons. The molecule has 24 heavy (non-hydrogen) atoms. The molecule has 0 aromatic heterocycles. The van der Waals surface area contributed by atoms with Crippen LogP contribution >= 0.6 is 11.6 Å². The molecular weight excluding hydrogens is 342 g/mol. The maximum Gasteiger partial charge on any atom is 0.265 e. The van der Waals surface area contributed by atoms with Crippen molar-refractivity contribution in [2.75, 3.05) is 23.4 Å². The Morgan fingerprint density at radius 3 is 2.79 bits per heavy atom. The standard InChI is InChI=1S/C16H11ClF2N2O3/c17-9-1-4-14-13(5-9)21(16(23)8-24-14)7-15(22)20-12-3-2-10(18)6-11(12)19/h1-6H,7-8H2,(H,20,22). The van der Waals surface area contributed by atoms with E-state index >= 15 is 0 Å². The van der Waals surface area contributed by atoms with Gasteiger partial charge >= 0.3 is 0 Å². The zero-order valence-electron chi connectivity index (χ0n) is 12.2. The van der Waals surface area contributed by atoms with Gasteiger partial charge in [0.1, 0.15) is 23.9 Å². The lowest BCUT2D eigenvalue weighted by Crippen LogP contribution is -2.43. The summed E-state index contributed by atoms with van der Waals surface area (Å²) in [6.07, 6.45) is 0. The van der Waals surface area contributed by atoms with Crippen LogP contribution in [0.2, 0.25) is 5.02 Å². The van der Waals surface area contributed by atoms with Gasteiger partial charge in [-0.25, -0.2) is 8.78 Å². The van der Waals surface area contributed by atoms with Crippen LogP contribution in [0.4, 0.5) is 20.2 Å². The molecule has 1 heterocycles. The highest BCUT2D eigenvalue weighted by Crippen LogP contribution is 2.34. The lowest BCUT2D eigenvalue weighted by Gasteiger charge is -2.29. The second-order valence-electron chi connectivity index (χ2n) is 5.05. The van der Waals surface area contributed by atoms with E-state index in [9.17, 15) is 18.4 Å². The van der Waals surface area contributed by atoms with Gasteiger partial charge in [-0.05, 0) is 30.3 Å². The number of hydrogen-bond donors (Lipinski definition) is 1. The van der Waals surface area contributed by atoms with Crippen molar-refractivity contribution in [1.82, 2.24) is 0 Å². The molecule has 0 unspecified atom stereocenters. The van der Waals surface area contributed by atoms with E-state index in [2.05, 4.69) is 5.32 Å². The highest BCUT2D eigenvalue weighted by molar-refractivity contribution is 6.31. The third kappa shape index (κ3) is 3.30. The molecule has 5 nitrogen and oxygen atoms in total. The minimum Gasteiger partial charge on any atom is -0.482 e. The van der Waals surface area contributed by atoms with Crippen LogP contribution in [0.1, 0.15) is 0 Å². The van der Waals surface area contributed by atoms with Crippen molar-refractivity contribution in [2.24, 2.45) is 0 Å². The second-order valence-corrected chi connectivity index (χ2v) is 5.49. The maximum atomic E-state index is 13.6. The first-order chi connectivity index (χ1) is 11.4. The Kier molecular flexibility index (Phi) is 4.35. The van der Waals surface area contributed by atoms with E-state index in [0.29, 0.717) is 22.5 Å². The predicted octanol–water partition coefficient (Wildman–Crippen LogP) is 2.98. The Balaban J connectivity index is 1.79. The minimum atomic E-state index is -0.903. The number of halogens is 3. The van der Waals surface area contributed by atoms with Crippen molar-refractivity contribution in [2.45, 2.75) is 0 Å². The summed E-state index contributed by atoms with van der Waals surface area (Å²) in [5, 5.41) is 2.68. The van der Waals surface area contributed by atoms with Gasteiger partial charge in [-0.2, -0.15) is 0 Å². The van der Waals surface area contributed by atoms with Crippen molar-refractivity contribution in [3.05, 3.63) is 53.1 Å². The SMILES string of the molecule is O=C(CN1C(=O)COc2ccc(Cl)cc21)Nc1ccc(F)cc1F. The van der Waals surface area contributed by atoms with E-state index in [4.69, 9.17) is 16.3 Å². The number of carbonyl (C=O) groups is 2. The topological polar surface area (TPSA) is 58.6 Å². The molecule has 0 spiro atoms. The van der Waals surface area contributed by atoms with Gasteiger partial charge in [0.25, 0.3) is 5.91 Å². The first-order valence-corrected chi connectivity index (χ1v) is 7.29. The summed E-state index contributed by atoms with van der Waals surface area (Å²) >= 11 is 5.91. The number of fused-ring (bicyclic) bond motifs is 1. The van der Waals surface area contributed by atoms with Gasteiger partial charge in [0.15, 0.2) is 6.61 Å². The molecule has 0 aliphatic carbocycles. The number of amides is 2. The Labute approximate surface area is 140 Å². The quantitative estimate of drug-likeness (QED) is 0.924. The van der Waals surface area contributed by atoms with Crippen molar-refractivity contribution < 1.29 is 23.1 Å². The molecule has 0 saturated carbocycles. The lowest BCUT2D eigenvalue weighted by molar-refractivity contribution is -0.123. The molecule has 0 atom stereocenters. The van der Waals surface area contributed by atoms with E-state index < -0.39 is 23.4 Å². The third-order valence-electron chi connectivity index (χ3n) is 3.37. The van der Waals surface area contributed by atoms with Crippen molar-refractivity contribution in [1.29, 1.82) is 0 Å². The van der Waals surface area contributed by atoms with Crippen molar-refractivity contribution >= 4 is 34.8 Å². The summed E-state index contributed by atoms with van der Waals surface area (Å²) in [4.78, 5) is 25.3. The average Bonchev–Trinajstić information content (AvgIpc) is 2.53.